The summed E-state index contributed by atoms with van der Waals surface area (Å²) in [6.07, 6.45) is 1.62. The van der Waals surface area contributed by atoms with Crippen LogP contribution in [0.1, 0.15) is 49.6 Å². The number of hydrogen-bond donors (Lipinski definition) is 1. The van der Waals surface area contributed by atoms with Crippen molar-refractivity contribution in [3.63, 3.8) is 0 Å². The van der Waals surface area contributed by atoms with E-state index in [1.165, 1.54) is 5.56 Å². The molecule has 1 N–H and O–H groups in total. The highest BCUT2D eigenvalue weighted by atomic mass is 35.5. The number of piperidine rings is 1. The van der Waals surface area contributed by atoms with Gasteiger partial charge >= 0.3 is 0 Å². The van der Waals surface area contributed by atoms with Crippen LogP contribution in [0.5, 0.6) is 0 Å². The van der Waals surface area contributed by atoms with Gasteiger partial charge < -0.3 is 9.84 Å². The average Bonchev–Trinajstić information content (AvgIpc) is 3.24. The quantitative estimate of drug-likeness (QED) is 0.521. The fourth-order valence-corrected chi connectivity index (χ4v) is 4.37. The molecule has 168 valence electrons. The van der Waals surface area contributed by atoms with Crippen LogP contribution in [0.15, 0.2) is 47.0 Å². The number of halogens is 1. The highest BCUT2D eigenvalue weighted by Gasteiger charge is 2.27. The molecule has 1 fully saturated rings. The number of rotatable bonds is 6. The van der Waals surface area contributed by atoms with Gasteiger partial charge in [-0.05, 0) is 62.0 Å². The molecule has 6 nitrogen and oxygen atoms in total. The topological polar surface area (TPSA) is 71.3 Å². The number of carbonyl (C=O) groups excluding carboxylic acids is 1. The number of hydrogen-bond acceptors (Lipinski definition) is 5. The number of para-hydroxylation sites is 1. The first-order valence-electron chi connectivity index (χ1n) is 11.1. The molecule has 2 aromatic carbocycles. The molecule has 1 aliphatic rings. The summed E-state index contributed by atoms with van der Waals surface area (Å²) in [5.74, 6) is 1.59. The van der Waals surface area contributed by atoms with Crippen molar-refractivity contribution in [1.82, 2.24) is 15.0 Å². The number of nitrogens with zero attached hydrogens (tertiary/aromatic N) is 3. The van der Waals surface area contributed by atoms with E-state index < -0.39 is 0 Å². The van der Waals surface area contributed by atoms with Gasteiger partial charge in [-0.1, -0.05) is 60.9 Å². The largest absolute Gasteiger partial charge is 0.338 e. The van der Waals surface area contributed by atoms with Gasteiger partial charge in [0.2, 0.25) is 17.6 Å². The molecule has 3 aromatic rings. The Morgan fingerprint density at radius 3 is 2.69 bits per heavy atom. The van der Waals surface area contributed by atoms with Crippen LogP contribution in [-0.4, -0.2) is 34.0 Å². The lowest BCUT2D eigenvalue weighted by molar-refractivity contribution is -0.121. The molecule has 32 heavy (non-hydrogen) atoms. The van der Waals surface area contributed by atoms with Crippen LogP contribution >= 0.6 is 11.6 Å². The number of anilines is 1. The molecule has 0 aliphatic carbocycles. The Balaban J connectivity index is 1.33. The number of nitrogens with one attached hydrogen (secondary N) is 1. The number of aryl methyl sites for hydroxylation is 1. The molecule has 0 unspecified atom stereocenters. The van der Waals surface area contributed by atoms with Gasteiger partial charge in [-0.3, -0.25) is 9.69 Å². The van der Waals surface area contributed by atoms with E-state index in [1.807, 2.05) is 43.3 Å². The van der Waals surface area contributed by atoms with E-state index in [2.05, 4.69) is 40.3 Å². The third-order valence-electron chi connectivity index (χ3n) is 6.04. The Morgan fingerprint density at radius 1 is 1.22 bits per heavy atom. The van der Waals surface area contributed by atoms with Crippen molar-refractivity contribution in [2.24, 2.45) is 5.92 Å². The predicted octanol–water partition coefficient (Wildman–Crippen LogP) is 5.67. The summed E-state index contributed by atoms with van der Waals surface area (Å²) >= 11 is 6.05. The molecule has 1 aromatic heterocycles. The highest BCUT2D eigenvalue weighted by Crippen LogP contribution is 2.29. The van der Waals surface area contributed by atoms with Crippen LogP contribution in [0.4, 0.5) is 5.69 Å². The number of carbonyl (C=O) groups is 1. The van der Waals surface area contributed by atoms with Crippen LogP contribution in [0.3, 0.4) is 0 Å². The van der Waals surface area contributed by atoms with Crippen LogP contribution < -0.4 is 5.32 Å². The van der Waals surface area contributed by atoms with Crippen molar-refractivity contribution >= 4 is 23.2 Å². The van der Waals surface area contributed by atoms with E-state index in [0.29, 0.717) is 29.2 Å². The van der Waals surface area contributed by atoms with Gasteiger partial charge in [0, 0.05) is 22.2 Å². The number of likely N-dealkylation sites (tertiary alicyclic amines) is 1. The lowest BCUT2D eigenvalue weighted by atomic mass is 9.94. The van der Waals surface area contributed by atoms with Crippen LogP contribution in [-0.2, 0) is 11.3 Å². The van der Waals surface area contributed by atoms with Crippen molar-refractivity contribution in [2.45, 2.75) is 46.1 Å². The summed E-state index contributed by atoms with van der Waals surface area (Å²) in [4.78, 5) is 19.7. The number of amides is 1. The van der Waals surface area contributed by atoms with E-state index in [9.17, 15) is 4.79 Å². The van der Waals surface area contributed by atoms with Crippen LogP contribution in [0.2, 0.25) is 5.02 Å². The predicted molar refractivity (Wildman–Crippen MR) is 127 cm³/mol. The third-order valence-corrected chi connectivity index (χ3v) is 6.28. The second-order valence-corrected chi connectivity index (χ2v) is 9.19. The van der Waals surface area contributed by atoms with E-state index in [-0.39, 0.29) is 11.8 Å². The summed E-state index contributed by atoms with van der Waals surface area (Å²) in [5.41, 5.74) is 4.09. The maximum absolute atomic E-state index is 13.0. The minimum absolute atomic E-state index is 0.00979. The van der Waals surface area contributed by atoms with Gasteiger partial charge in [0.1, 0.15) is 0 Å². The molecule has 0 radical (unpaired) electrons. The van der Waals surface area contributed by atoms with Gasteiger partial charge in [-0.2, -0.15) is 4.98 Å². The Hall–Kier alpha value is -2.70. The second-order valence-electron chi connectivity index (χ2n) is 8.76. The first-order chi connectivity index (χ1) is 15.4. The first-order valence-corrected chi connectivity index (χ1v) is 11.5. The Morgan fingerprint density at radius 2 is 1.97 bits per heavy atom. The summed E-state index contributed by atoms with van der Waals surface area (Å²) in [6.45, 7) is 8.56. The van der Waals surface area contributed by atoms with Gasteiger partial charge in [0.05, 0.1) is 6.54 Å². The molecule has 7 heteroatoms. The number of aromatic nitrogens is 2. The molecular formula is C25H29ClN4O2. The third kappa shape index (κ3) is 5.19. The zero-order chi connectivity index (χ0) is 22.7. The summed E-state index contributed by atoms with van der Waals surface area (Å²) in [7, 11) is 0. The molecule has 4 rings (SSSR count). The van der Waals surface area contributed by atoms with Crippen molar-refractivity contribution in [3.8, 4) is 11.4 Å². The maximum Gasteiger partial charge on any atom is 0.241 e. The zero-order valence-corrected chi connectivity index (χ0v) is 19.5. The molecule has 2 heterocycles. The molecule has 0 saturated carbocycles. The Kier molecular flexibility index (Phi) is 6.92. The molecule has 1 saturated heterocycles. The fraction of sp³-hybridized carbons (Fsp3) is 0.400. The molecule has 1 amide bonds. The summed E-state index contributed by atoms with van der Waals surface area (Å²) in [5, 5.41) is 7.93. The van der Waals surface area contributed by atoms with Crippen molar-refractivity contribution in [2.75, 3.05) is 18.4 Å². The average molecular weight is 453 g/mol. The standard InChI is InChI=1S/C25H29ClN4O2/c1-16(2)21-9-4-6-17(3)23(21)28-25(31)18-10-12-30(13-11-18)15-22-27-24(29-32-22)19-7-5-8-20(26)14-19/h4-9,14,16,18H,10-13,15H2,1-3H3,(H,28,31). The van der Waals surface area contributed by atoms with E-state index in [4.69, 9.17) is 16.1 Å². The molecule has 0 bridgehead atoms. The molecular weight excluding hydrogens is 424 g/mol. The minimum atomic E-state index is 0.00979. The van der Waals surface area contributed by atoms with E-state index in [1.54, 1.807) is 0 Å². The van der Waals surface area contributed by atoms with E-state index >= 15 is 0 Å². The highest BCUT2D eigenvalue weighted by molar-refractivity contribution is 6.30. The van der Waals surface area contributed by atoms with Gasteiger partial charge in [0.15, 0.2) is 0 Å². The molecule has 1 aliphatic heterocycles. The first kappa shape index (κ1) is 22.5. The molecule has 0 spiro atoms. The smallest absolute Gasteiger partial charge is 0.241 e. The summed E-state index contributed by atoms with van der Waals surface area (Å²) in [6, 6.07) is 13.6. The SMILES string of the molecule is Cc1cccc(C(C)C)c1NC(=O)C1CCN(Cc2nc(-c3cccc(Cl)c3)no2)CC1. The fourth-order valence-electron chi connectivity index (χ4n) is 4.18. The lowest BCUT2D eigenvalue weighted by Gasteiger charge is -2.30. The second kappa shape index (κ2) is 9.84. The zero-order valence-electron chi connectivity index (χ0n) is 18.8. The Labute approximate surface area is 194 Å². The summed E-state index contributed by atoms with van der Waals surface area (Å²) < 4.78 is 5.44. The number of benzene rings is 2. The van der Waals surface area contributed by atoms with Gasteiger partial charge in [-0.15, -0.1) is 0 Å². The van der Waals surface area contributed by atoms with Gasteiger partial charge in [0.25, 0.3) is 0 Å². The Bertz CT molecular complexity index is 1090. The monoisotopic (exact) mass is 452 g/mol. The maximum atomic E-state index is 13.0. The van der Waals surface area contributed by atoms with Crippen LogP contribution in [0.25, 0.3) is 11.4 Å². The van der Waals surface area contributed by atoms with Crippen molar-refractivity contribution in [3.05, 3.63) is 64.5 Å². The normalized spacial score (nSPS) is 15.3. The lowest BCUT2D eigenvalue weighted by Crippen LogP contribution is -2.38. The minimum Gasteiger partial charge on any atom is -0.338 e. The molecule has 0 atom stereocenters. The van der Waals surface area contributed by atoms with Crippen LogP contribution in [0, 0.1) is 12.8 Å². The van der Waals surface area contributed by atoms with E-state index in [0.717, 1.165) is 42.7 Å². The van der Waals surface area contributed by atoms with Gasteiger partial charge in [-0.25, -0.2) is 0 Å². The van der Waals surface area contributed by atoms with Crippen molar-refractivity contribution in [1.29, 1.82) is 0 Å². The van der Waals surface area contributed by atoms with Crippen molar-refractivity contribution < 1.29 is 9.32 Å².